The van der Waals surface area contributed by atoms with Crippen LogP contribution in [0.3, 0.4) is 0 Å². The first kappa shape index (κ1) is 20.1. The first-order valence-electron chi connectivity index (χ1n) is 11.4. The Balaban J connectivity index is 1.41. The van der Waals surface area contributed by atoms with Gasteiger partial charge < -0.3 is 14.1 Å². The first-order valence-corrected chi connectivity index (χ1v) is 11.8. The van der Waals surface area contributed by atoms with Gasteiger partial charge in [-0.2, -0.15) is 0 Å². The van der Waals surface area contributed by atoms with Crippen LogP contribution in [0, 0.1) is 5.92 Å². The molecular weight excluding hydrogens is 428 g/mol. The lowest BCUT2D eigenvalue weighted by molar-refractivity contribution is 0.113. The minimum absolute atomic E-state index is 0.00886. The maximum Gasteiger partial charge on any atom is 0.339 e. The van der Waals surface area contributed by atoms with Crippen LogP contribution >= 0.6 is 11.6 Å². The molecule has 2 atom stereocenters. The number of piperidine rings is 1. The van der Waals surface area contributed by atoms with Crippen LogP contribution < -0.4 is 11.2 Å². The number of likely N-dealkylation sites (tertiary alicyclic amines) is 1. The summed E-state index contributed by atoms with van der Waals surface area (Å²) < 4.78 is 7.70. The number of phenolic OH excluding ortho intramolecular Hbond substituents is 1. The molecule has 0 amide bonds. The number of aryl methyl sites for hydroxylation is 1. The molecule has 6 rings (SSSR count). The number of hydrogen-bond acceptors (Lipinski definition) is 5. The fourth-order valence-electron chi connectivity index (χ4n) is 6.09. The van der Waals surface area contributed by atoms with Gasteiger partial charge in [0, 0.05) is 54.8 Å². The van der Waals surface area contributed by atoms with Gasteiger partial charge in [-0.25, -0.2) is 4.79 Å². The van der Waals surface area contributed by atoms with Gasteiger partial charge in [-0.1, -0.05) is 17.7 Å². The maximum absolute atomic E-state index is 12.7. The molecule has 32 heavy (non-hydrogen) atoms. The van der Waals surface area contributed by atoms with Crippen LogP contribution in [0.2, 0.25) is 5.02 Å². The molecule has 166 valence electrons. The van der Waals surface area contributed by atoms with E-state index >= 15 is 0 Å². The van der Waals surface area contributed by atoms with Crippen molar-refractivity contribution in [3.05, 3.63) is 72.4 Å². The lowest BCUT2D eigenvalue weighted by Gasteiger charge is -2.42. The van der Waals surface area contributed by atoms with Gasteiger partial charge in [0.15, 0.2) is 0 Å². The van der Waals surface area contributed by atoms with Gasteiger partial charge in [-0.05, 0) is 55.7 Å². The van der Waals surface area contributed by atoms with Gasteiger partial charge in [-0.15, -0.1) is 0 Å². The van der Waals surface area contributed by atoms with Crippen molar-refractivity contribution in [3.63, 3.8) is 0 Å². The molecular formula is C25H25ClN2O4. The Kier molecular flexibility index (Phi) is 4.70. The van der Waals surface area contributed by atoms with Crippen molar-refractivity contribution in [1.29, 1.82) is 0 Å². The van der Waals surface area contributed by atoms with Crippen LogP contribution in [0.4, 0.5) is 0 Å². The molecule has 0 spiro atoms. The Morgan fingerprint density at radius 3 is 2.75 bits per heavy atom. The molecule has 2 aromatic heterocycles. The van der Waals surface area contributed by atoms with Crippen LogP contribution in [0.1, 0.15) is 47.6 Å². The van der Waals surface area contributed by atoms with Crippen molar-refractivity contribution in [2.45, 2.75) is 51.1 Å². The normalized spacial score (nSPS) is 22.5. The Morgan fingerprint density at radius 2 is 1.91 bits per heavy atom. The van der Waals surface area contributed by atoms with Crippen LogP contribution in [0.5, 0.6) is 5.75 Å². The van der Waals surface area contributed by atoms with Crippen molar-refractivity contribution in [3.8, 4) is 5.75 Å². The molecule has 0 unspecified atom stereocenters. The maximum atomic E-state index is 12.7. The monoisotopic (exact) mass is 452 g/mol. The van der Waals surface area contributed by atoms with E-state index in [2.05, 4.69) is 4.90 Å². The fourth-order valence-corrected chi connectivity index (χ4v) is 6.32. The van der Waals surface area contributed by atoms with E-state index in [4.69, 9.17) is 16.0 Å². The SMILES string of the molecule is O=c1oc2c(CN3C[C@@H]4C[C@@H](C3)c3cccc(=O)n3C4)c(O)c(Cl)cc2c2c1CCCC2. The Bertz CT molecular complexity index is 1360. The lowest BCUT2D eigenvalue weighted by atomic mass is 9.83. The number of aromatic hydroxyl groups is 1. The molecule has 7 heteroatoms. The molecule has 1 aromatic carbocycles. The highest BCUT2D eigenvalue weighted by molar-refractivity contribution is 6.33. The summed E-state index contributed by atoms with van der Waals surface area (Å²) >= 11 is 6.45. The minimum Gasteiger partial charge on any atom is -0.506 e. The number of hydrogen-bond donors (Lipinski definition) is 1. The summed E-state index contributed by atoms with van der Waals surface area (Å²) in [6, 6.07) is 7.25. The van der Waals surface area contributed by atoms with Crippen LogP contribution in [0.25, 0.3) is 11.0 Å². The number of nitrogens with zero attached hydrogens (tertiary/aromatic N) is 2. The summed E-state index contributed by atoms with van der Waals surface area (Å²) in [6.07, 6.45) is 4.65. The predicted molar refractivity (Wildman–Crippen MR) is 123 cm³/mol. The molecule has 4 heterocycles. The van der Waals surface area contributed by atoms with Crippen molar-refractivity contribution in [2.24, 2.45) is 5.92 Å². The summed E-state index contributed by atoms with van der Waals surface area (Å²) in [6.45, 7) is 2.77. The molecule has 0 saturated carbocycles. The Hall–Kier alpha value is -2.57. The van der Waals surface area contributed by atoms with E-state index < -0.39 is 0 Å². The molecule has 1 saturated heterocycles. The summed E-state index contributed by atoms with van der Waals surface area (Å²) in [4.78, 5) is 27.3. The van der Waals surface area contributed by atoms with Crippen molar-refractivity contribution >= 4 is 22.6 Å². The Morgan fingerprint density at radius 1 is 1.09 bits per heavy atom. The Labute approximate surface area is 190 Å². The van der Waals surface area contributed by atoms with Gasteiger partial charge in [0.05, 0.1) is 10.6 Å². The zero-order chi connectivity index (χ0) is 22.0. The lowest BCUT2D eigenvalue weighted by Crippen LogP contribution is -2.46. The summed E-state index contributed by atoms with van der Waals surface area (Å²) in [5, 5.41) is 12.0. The number of halogens is 1. The highest BCUT2D eigenvalue weighted by Crippen LogP contribution is 2.40. The number of phenols is 1. The van der Waals surface area contributed by atoms with Crippen LogP contribution in [-0.4, -0.2) is 27.7 Å². The molecule has 1 fully saturated rings. The van der Waals surface area contributed by atoms with Gasteiger partial charge in [0.25, 0.3) is 5.56 Å². The van der Waals surface area contributed by atoms with Crippen LogP contribution in [0.15, 0.2) is 38.3 Å². The molecule has 3 aliphatic rings. The van der Waals surface area contributed by atoms with Gasteiger partial charge in [0.1, 0.15) is 11.3 Å². The molecule has 3 aromatic rings. The number of fused-ring (bicyclic) bond motifs is 7. The van der Waals surface area contributed by atoms with E-state index in [1.54, 1.807) is 12.1 Å². The summed E-state index contributed by atoms with van der Waals surface area (Å²) in [7, 11) is 0. The van der Waals surface area contributed by atoms with E-state index in [-0.39, 0.29) is 22.9 Å². The number of rotatable bonds is 2. The number of pyridine rings is 1. The molecule has 1 aliphatic carbocycles. The average molecular weight is 453 g/mol. The molecule has 0 radical (unpaired) electrons. The molecule has 2 bridgehead atoms. The standard InChI is InChI=1S/C25H25ClN2O4/c26-20-9-18-16-4-1-2-5-17(16)25(31)32-24(18)19(23(20)30)13-27-10-14-8-15(12-27)21-6-3-7-22(29)28(21)11-14/h3,6-7,9,14-15,30H,1-2,4-5,8,10-13H2/t14-,15-/m0/s1. The van der Waals surface area contributed by atoms with Gasteiger partial charge in [0.2, 0.25) is 0 Å². The van der Waals surface area contributed by atoms with E-state index in [1.807, 2.05) is 16.7 Å². The third-order valence-electron chi connectivity index (χ3n) is 7.47. The second-order valence-corrected chi connectivity index (χ2v) is 9.92. The molecule has 2 aliphatic heterocycles. The zero-order valence-corrected chi connectivity index (χ0v) is 18.5. The van der Waals surface area contributed by atoms with E-state index in [0.717, 1.165) is 67.4 Å². The topological polar surface area (TPSA) is 75.7 Å². The quantitative estimate of drug-likeness (QED) is 0.598. The van der Waals surface area contributed by atoms with E-state index in [9.17, 15) is 14.7 Å². The average Bonchev–Trinajstić information content (AvgIpc) is 2.79. The molecule has 6 nitrogen and oxygen atoms in total. The van der Waals surface area contributed by atoms with E-state index in [0.29, 0.717) is 35.2 Å². The summed E-state index contributed by atoms with van der Waals surface area (Å²) in [5.41, 5.74) is 3.68. The smallest absolute Gasteiger partial charge is 0.339 e. The van der Waals surface area contributed by atoms with Crippen molar-refractivity contribution in [2.75, 3.05) is 13.1 Å². The first-order chi connectivity index (χ1) is 15.5. The number of aromatic nitrogens is 1. The highest BCUT2D eigenvalue weighted by atomic mass is 35.5. The van der Waals surface area contributed by atoms with Crippen LogP contribution in [-0.2, 0) is 25.9 Å². The fraction of sp³-hybridized carbons (Fsp3) is 0.440. The van der Waals surface area contributed by atoms with E-state index in [1.165, 1.54) is 0 Å². The van der Waals surface area contributed by atoms with Crippen molar-refractivity contribution in [1.82, 2.24) is 9.47 Å². The van der Waals surface area contributed by atoms with Crippen molar-refractivity contribution < 1.29 is 9.52 Å². The summed E-state index contributed by atoms with van der Waals surface area (Å²) in [5.74, 6) is 0.628. The molecule has 1 N–H and O–H groups in total. The highest BCUT2D eigenvalue weighted by Gasteiger charge is 2.35. The second kappa shape index (κ2) is 7.49. The third kappa shape index (κ3) is 3.11. The predicted octanol–water partition coefficient (Wildman–Crippen LogP) is 3.81. The zero-order valence-electron chi connectivity index (χ0n) is 17.8. The van der Waals surface area contributed by atoms with Gasteiger partial charge in [-0.3, -0.25) is 9.69 Å². The second-order valence-electron chi connectivity index (χ2n) is 9.51. The van der Waals surface area contributed by atoms with Gasteiger partial charge >= 0.3 is 5.63 Å². The minimum atomic E-state index is -0.293. The third-order valence-corrected chi connectivity index (χ3v) is 7.76. The largest absolute Gasteiger partial charge is 0.506 e. The number of benzene rings is 1.